The highest BCUT2D eigenvalue weighted by molar-refractivity contribution is 9.10. The number of ether oxygens (including phenoxy) is 1. The van der Waals surface area contributed by atoms with E-state index in [1.807, 2.05) is 32.0 Å². The first-order chi connectivity index (χ1) is 11.0. The number of rotatable bonds is 5. The number of halogens is 1. The number of aromatic nitrogens is 2. The summed E-state index contributed by atoms with van der Waals surface area (Å²) in [5, 5.41) is 2.79. The maximum absolute atomic E-state index is 12.4. The van der Waals surface area contributed by atoms with Crippen molar-refractivity contribution in [1.82, 2.24) is 15.3 Å². The van der Waals surface area contributed by atoms with Crippen molar-refractivity contribution in [3.8, 4) is 17.0 Å². The van der Waals surface area contributed by atoms with E-state index in [1.165, 1.54) is 0 Å². The first kappa shape index (κ1) is 17.2. The third-order valence-electron chi connectivity index (χ3n) is 3.17. The number of nitrogens with zero attached hydrogens (tertiary/aromatic N) is 2. The monoisotopic (exact) mass is 378 g/mol. The van der Waals surface area contributed by atoms with Crippen LogP contribution in [0.15, 0.2) is 22.7 Å². The number of benzene rings is 1. The third-order valence-corrected chi connectivity index (χ3v) is 3.66. The number of hydrogen-bond acceptors (Lipinski definition) is 5. The Labute approximate surface area is 143 Å². The van der Waals surface area contributed by atoms with E-state index < -0.39 is 0 Å². The molecule has 0 unspecified atom stereocenters. The minimum Gasteiger partial charge on any atom is -0.493 e. The summed E-state index contributed by atoms with van der Waals surface area (Å²) >= 11 is 3.44. The topological polar surface area (TPSA) is 90.1 Å². The van der Waals surface area contributed by atoms with Gasteiger partial charge in [-0.2, -0.15) is 0 Å². The standard InChI is InChI=1S/C16H19BrN4O2/c1-4-19-15(22)13-9(3)20-16(18)21-14(13)11-8-10(17)6-7-12(11)23-5-2/h6-8H,4-5H2,1-3H3,(H,19,22)(H2,18,20,21). The molecule has 2 aromatic rings. The van der Waals surface area contributed by atoms with Crippen molar-refractivity contribution in [3.63, 3.8) is 0 Å². The lowest BCUT2D eigenvalue weighted by Gasteiger charge is -2.15. The third kappa shape index (κ3) is 3.79. The van der Waals surface area contributed by atoms with E-state index in [0.29, 0.717) is 41.4 Å². The number of amides is 1. The zero-order valence-corrected chi connectivity index (χ0v) is 14.9. The van der Waals surface area contributed by atoms with Gasteiger partial charge in [-0.05, 0) is 39.0 Å². The summed E-state index contributed by atoms with van der Waals surface area (Å²) in [6.07, 6.45) is 0. The van der Waals surface area contributed by atoms with Gasteiger partial charge in [-0.25, -0.2) is 9.97 Å². The molecule has 1 heterocycles. The lowest BCUT2D eigenvalue weighted by Crippen LogP contribution is -2.25. The second-order valence-electron chi connectivity index (χ2n) is 4.82. The molecule has 0 bridgehead atoms. The summed E-state index contributed by atoms with van der Waals surface area (Å²) in [5.74, 6) is 0.522. The summed E-state index contributed by atoms with van der Waals surface area (Å²) in [6.45, 7) is 6.51. The van der Waals surface area contributed by atoms with Crippen LogP contribution in [0.5, 0.6) is 5.75 Å². The van der Waals surface area contributed by atoms with Crippen LogP contribution in [0.2, 0.25) is 0 Å². The fraction of sp³-hybridized carbons (Fsp3) is 0.312. The van der Waals surface area contributed by atoms with E-state index >= 15 is 0 Å². The molecule has 0 radical (unpaired) electrons. The Morgan fingerprint density at radius 1 is 1.35 bits per heavy atom. The van der Waals surface area contributed by atoms with Crippen LogP contribution in [-0.2, 0) is 0 Å². The highest BCUT2D eigenvalue weighted by atomic mass is 79.9. The van der Waals surface area contributed by atoms with Crippen molar-refractivity contribution in [2.24, 2.45) is 0 Å². The average Bonchev–Trinajstić information content (AvgIpc) is 2.48. The zero-order chi connectivity index (χ0) is 17.0. The quantitative estimate of drug-likeness (QED) is 0.834. The molecule has 0 spiro atoms. The van der Waals surface area contributed by atoms with E-state index in [9.17, 15) is 4.79 Å². The molecule has 0 saturated carbocycles. The van der Waals surface area contributed by atoms with E-state index in [4.69, 9.17) is 10.5 Å². The van der Waals surface area contributed by atoms with Crippen molar-refractivity contribution >= 4 is 27.8 Å². The molecule has 0 saturated heterocycles. The van der Waals surface area contributed by atoms with E-state index in [1.54, 1.807) is 6.92 Å². The predicted molar refractivity (Wildman–Crippen MR) is 93.5 cm³/mol. The predicted octanol–water partition coefficient (Wildman–Crippen LogP) is 2.95. The Morgan fingerprint density at radius 2 is 2.09 bits per heavy atom. The number of hydrogen-bond donors (Lipinski definition) is 2. The van der Waals surface area contributed by atoms with Crippen molar-refractivity contribution < 1.29 is 9.53 Å². The van der Waals surface area contributed by atoms with Crippen LogP contribution in [0.25, 0.3) is 11.3 Å². The lowest BCUT2D eigenvalue weighted by molar-refractivity contribution is 0.0955. The molecule has 0 fully saturated rings. The molecule has 3 N–H and O–H groups in total. The molecule has 1 aromatic heterocycles. The van der Waals surface area contributed by atoms with Crippen LogP contribution >= 0.6 is 15.9 Å². The molecule has 1 amide bonds. The summed E-state index contributed by atoms with van der Waals surface area (Å²) in [6, 6.07) is 5.56. The van der Waals surface area contributed by atoms with Crippen molar-refractivity contribution in [1.29, 1.82) is 0 Å². The first-order valence-electron chi connectivity index (χ1n) is 7.32. The second kappa shape index (κ2) is 7.41. The van der Waals surface area contributed by atoms with Gasteiger partial charge in [0.1, 0.15) is 5.75 Å². The van der Waals surface area contributed by atoms with Crippen LogP contribution in [0.4, 0.5) is 5.95 Å². The number of nitrogen functional groups attached to an aromatic ring is 1. The maximum atomic E-state index is 12.4. The Bertz CT molecular complexity index is 734. The normalized spacial score (nSPS) is 10.4. The van der Waals surface area contributed by atoms with Gasteiger partial charge in [0, 0.05) is 16.6 Å². The SMILES string of the molecule is CCNC(=O)c1c(C)nc(N)nc1-c1cc(Br)ccc1OCC. The molecule has 122 valence electrons. The minimum absolute atomic E-state index is 0.118. The van der Waals surface area contributed by atoms with Gasteiger partial charge in [0.25, 0.3) is 5.91 Å². The molecule has 0 aliphatic heterocycles. The molecule has 0 aliphatic rings. The number of carbonyl (C=O) groups is 1. The minimum atomic E-state index is -0.234. The fourth-order valence-corrected chi connectivity index (χ4v) is 2.64. The largest absolute Gasteiger partial charge is 0.493 e. The lowest BCUT2D eigenvalue weighted by atomic mass is 10.0. The van der Waals surface area contributed by atoms with Gasteiger partial charge in [0.05, 0.1) is 23.6 Å². The molecular weight excluding hydrogens is 360 g/mol. The summed E-state index contributed by atoms with van der Waals surface area (Å²) in [4.78, 5) is 20.9. The Balaban J connectivity index is 2.72. The molecule has 6 nitrogen and oxygen atoms in total. The molecule has 0 aliphatic carbocycles. The Morgan fingerprint density at radius 3 is 2.74 bits per heavy atom. The summed E-state index contributed by atoms with van der Waals surface area (Å²) < 4.78 is 6.52. The van der Waals surface area contributed by atoms with E-state index in [-0.39, 0.29) is 11.9 Å². The molecular formula is C16H19BrN4O2. The van der Waals surface area contributed by atoms with Crippen molar-refractivity contribution in [2.75, 3.05) is 18.9 Å². The van der Waals surface area contributed by atoms with Gasteiger partial charge in [-0.1, -0.05) is 15.9 Å². The Kier molecular flexibility index (Phi) is 5.54. The van der Waals surface area contributed by atoms with Gasteiger partial charge in [0.2, 0.25) is 5.95 Å². The summed E-state index contributed by atoms with van der Waals surface area (Å²) in [7, 11) is 0. The van der Waals surface area contributed by atoms with Gasteiger partial charge >= 0.3 is 0 Å². The van der Waals surface area contributed by atoms with Gasteiger partial charge in [-0.15, -0.1) is 0 Å². The van der Waals surface area contributed by atoms with Crippen LogP contribution in [-0.4, -0.2) is 29.0 Å². The van der Waals surface area contributed by atoms with Crippen molar-refractivity contribution in [2.45, 2.75) is 20.8 Å². The van der Waals surface area contributed by atoms with E-state index in [0.717, 1.165) is 4.47 Å². The summed E-state index contributed by atoms with van der Waals surface area (Å²) in [5.41, 5.74) is 7.88. The second-order valence-corrected chi connectivity index (χ2v) is 5.74. The van der Waals surface area contributed by atoms with Crippen LogP contribution in [0.3, 0.4) is 0 Å². The van der Waals surface area contributed by atoms with Crippen LogP contribution in [0.1, 0.15) is 29.9 Å². The maximum Gasteiger partial charge on any atom is 0.255 e. The Hall–Kier alpha value is -2.15. The van der Waals surface area contributed by atoms with Crippen LogP contribution in [0, 0.1) is 6.92 Å². The number of nitrogens with one attached hydrogen (secondary N) is 1. The fourth-order valence-electron chi connectivity index (χ4n) is 2.28. The molecule has 2 rings (SSSR count). The highest BCUT2D eigenvalue weighted by Gasteiger charge is 2.21. The number of carbonyl (C=O) groups excluding carboxylic acids is 1. The average molecular weight is 379 g/mol. The first-order valence-corrected chi connectivity index (χ1v) is 8.12. The zero-order valence-electron chi connectivity index (χ0n) is 13.3. The highest BCUT2D eigenvalue weighted by Crippen LogP contribution is 2.34. The molecule has 1 aromatic carbocycles. The molecule has 0 atom stereocenters. The molecule has 23 heavy (non-hydrogen) atoms. The van der Waals surface area contributed by atoms with E-state index in [2.05, 4.69) is 31.2 Å². The number of anilines is 1. The van der Waals surface area contributed by atoms with Crippen LogP contribution < -0.4 is 15.8 Å². The van der Waals surface area contributed by atoms with Crippen molar-refractivity contribution in [3.05, 3.63) is 33.9 Å². The number of aryl methyl sites for hydroxylation is 1. The molecule has 7 heteroatoms. The smallest absolute Gasteiger partial charge is 0.255 e. The van der Waals surface area contributed by atoms with Gasteiger partial charge < -0.3 is 15.8 Å². The number of nitrogens with two attached hydrogens (primary N) is 1. The van der Waals surface area contributed by atoms with Gasteiger partial charge in [0.15, 0.2) is 0 Å². The van der Waals surface area contributed by atoms with Gasteiger partial charge in [-0.3, -0.25) is 4.79 Å².